The average molecular weight is 232 g/mol. The molecule has 0 aromatic carbocycles. The first kappa shape index (κ1) is 12.4. The Morgan fingerprint density at radius 1 is 1.35 bits per heavy atom. The van der Waals surface area contributed by atoms with E-state index in [1.165, 1.54) is 30.8 Å². The fraction of sp³-hybridized carbons (Fsp3) is 0.600. The van der Waals surface area contributed by atoms with E-state index in [9.17, 15) is 0 Å². The second-order valence-corrected chi connectivity index (χ2v) is 5.11. The van der Waals surface area contributed by atoms with Crippen LogP contribution < -0.4 is 0 Å². The van der Waals surface area contributed by atoms with Gasteiger partial charge in [0.05, 0.1) is 0 Å². The van der Waals surface area contributed by atoms with E-state index < -0.39 is 0 Å². The second-order valence-electron chi connectivity index (χ2n) is 5.11. The van der Waals surface area contributed by atoms with Crippen molar-refractivity contribution < 1.29 is 0 Å². The first-order valence-electron chi connectivity index (χ1n) is 6.71. The molecule has 2 nitrogen and oxygen atoms in total. The van der Waals surface area contributed by atoms with Gasteiger partial charge in [0.25, 0.3) is 0 Å². The lowest BCUT2D eigenvalue weighted by Gasteiger charge is -2.40. The van der Waals surface area contributed by atoms with Crippen molar-refractivity contribution in [1.82, 2.24) is 9.80 Å². The molecule has 0 bridgehead atoms. The zero-order valence-electron chi connectivity index (χ0n) is 11.2. The summed E-state index contributed by atoms with van der Waals surface area (Å²) in [7, 11) is 0. The molecular formula is C15H24N2. The molecule has 0 saturated carbocycles. The van der Waals surface area contributed by atoms with Gasteiger partial charge in [-0.25, -0.2) is 0 Å². The van der Waals surface area contributed by atoms with Crippen molar-refractivity contribution in [2.75, 3.05) is 26.2 Å². The Kier molecular flexibility index (Phi) is 4.06. The van der Waals surface area contributed by atoms with E-state index in [0.717, 1.165) is 19.5 Å². The third kappa shape index (κ3) is 3.01. The Morgan fingerprint density at radius 2 is 2.06 bits per heavy atom. The molecule has 0 N–H and O–H groups in total. The molecule has 2 rings (SSSR count). The molecule has 2 aliphatic rings. The Bertz CT molecular complexity index is 333. The van der Waals surface area contributed by atoms with Crippen LogP contribution in [0.15, 0.2) is 36.1 Å². The van der Waals surface area contributed by atoms with Gasteiger partial charge < -0.3 is 4.90 Å². The fourth-order valence-electron chi connectivity index (χ4n) is 2.66. The molecule has 1 unspecified atom stereocenters. The molecule has 0 aromatic rings. The largest absolute Gasteiger partial charge is 0.373 e. The number of rotatable bonds is 3. The van der Waals surface area contributed by atoms with Gasteiger partial charge in [0, 0.05) is 37.9 Å². The van der Waals surface area contributed by atoms with Crippen molar-refractivity contribution in [3.8, 4) is 0 Å². The van der Waals surface area contributed by atoms with Gasteiger partial charge in [-0.05, 0) is 19.8 Å². The van der Waals surface area contributed by atoms with E-state index in [1.807, 2.05) is 0 Å². The summed E-state index contributed by atoms with van der Waals surface area (Å²) in [4.78, 5) is 5.04. The lowest BCUT2D eigenvalue weighted by molar-refractivity contribution is 0.131. The Balaban J connectivity index is 1.85. The van der Waals surface area contributed by atoms with Crippen molar-refractivity contribution in [2.24, 2.45) is 0 Å². The lowest BCUT2D eigenvalue weighted by atomic mass is 10.00. The molecule has 17 heavy (non-hydrogen) atoms. The highest BCUT2D eigenvalue weighted by Gasteiger charge is 2.23. The maximum absolute atomic E-state index is 4.13. The molecular weight excluding hydrogens is 208 g/mol. The Morgan fingerprint density at radius 3 is 2.65 bits per heavy atom. The van der Waals surface area contributed by atoms with Gasteiger partial charge in [0.1, 0.15) is 0 Å². The van der Waals surface area contributed by atoms with Crippen LogP contribution in [-0.2, 0) is 0 Å². The van der Waals surface area contributed by atoms with Crippen LogP contribution >= 0.6 is 0 Å². The van der Waals surface area contributed by atoms with Crippen molar-refractivity contribution >= 4 is 0 Å². The van der Waals surface area contributed by atoms with Crippen LogP contribution in [-0.4, -0.2) is 42.0 Å². The maximum atomic E-state index is 4.13. The second kappa shape index (κ2) is 5.54. The molecule has 1 saturated heterocycles. The van der Waals surface area contributed by atoms with E-state index in [0.29, 0.717) is 6.04 Å². The molecule has 94 valence electrons. The molecule has 2 heteroatoms. The molecule has 1 aliphatic heterocycles. The molecule has 1 heterocycles. The summed E-state index contributed by atoms with van der Waals surface area (Å²) in [5, 5.41) is 0. The summed E-state index contributed by atoms with van der Waals surface area (Å²) in [5.74, 6) is 0. The minimum absolute atomic E-state index is 0.622. The van der Waals surface area contributed by atoms with Crippen LogP contribution in [0, 0.1) is 0 Å². The minimum atomic E-state index is 0.622. The predicted molar refractivity (Wildman–Crippen MR) is 73.9 cm³/mol. The van der Waals surface area contributed by atoms with Gasteiger partial charge >= 0.3 is 0 Å². The van der Waals surface area contributed by atoms with Crippen molar-refractivity contribution in [3.05, 3.63) is 36.1 Å². The lowest BCUT2D eigenvalue weighted by Crippen LogP contribution is -2.49. The Hall–Kier alpha value is -1.02. The fourth-order valence-corrected chi connectivity index (χ4v) is 2.66. The van der Waals surface area contributed by atoms with Crippen molar-refractivity contribution in [3.63, 3.8) is 0 Å². The van der Waals surface area contributed by atoms with E-state index >= 15 is 0 Å². The topological polar surface area (TPSA) is 6.48 Å². The van der Waals surface area contributed by atoms with Crippen molar-refractivity contribution in [1.29, 1.82) is 0 Å². The van der Waals surface area contributed by atoms with Gasteiger partial charge in [0.15, 0.2) is 0 Å². The number of nitrogens with zero attached hydrogens (tertiary/aromatic N) is 2. The molecule has 0 radical (unpaired) electrons. The maximum Gasteiger partial charge on any atom is 0.0319 e. The highest BCUT2D eigenvalue weighted by atomic mass is 15.3. The van der Waals surface area contributed by atoms with Crippen LogP contribution in [0.2, 0.25) is 0 Å². The molecule has 0 aromatic heterocycles. The van der Waals surface area contributed by atoms with Crippen LogP contribution in [0.1, 0.15) is 26.7 Å². The van der Waals surface area contributed by atoms with E-state index in [1.54, 1.807) is 0 Å². The molecule has 1 fully saturated rings. The minimum Gasteiger partial charge on any atom is -0.373 e. The molecule has 1 aliphatic carbocycles. The van der Waals surface area contributed by atoms with Gasteiger partial charge in [-0.3, -0.25) is 4.90 Å². The first-order chi connectivity index (χ1) is 8.20. The summed E-state index contributed by atoms with van der Waals surface area (Å²) in [5.41, 5.74) is 2.79. The molecule has 0 amide bonds. The van der Waals surface area contributed by atoms with Crippen molar-refractivity contribution in [2.45, 2.75) is 32.7 Å². The average Bonchev–Trinajstić information content (AvgIpc) is 2.38. The van der Waals surface area contributed by atoms with Gasteiger partial charge in [-0.1, -0.05) is 37.3 Å². The molecule has 0 spiro atoms. The van der Waals surface area contributed by atoms with Gasteiger partial charge in [-0.15, -0.1) is 0 Å². The Labute approximate surface area is 105 Å². The smallest absolute Gasteiger partial charge is 0.0319 e. The third-order valence-corrected chi connectivity index (χ3v) is 3.88. The first-order valence-corrected chi connectivity index (χ1v) is 6.71. The normalized spacial score (nSPS) is 25.9. The number of piperazine rings is 1. The number of allylic oxidation sites excluding steroid dienone is 3. The van der Waals surface area contributed by atoms with Crippen LogP contribution in [0.25, 0.3) is 0 Å². The van der Waals surface area contributed by atoms with E-state index in [4.69, 9.17) is 0 Å². The van der Waals surface area contributed by atoms with Crippen LogP contribution in [0.5, 0.6) is 0 Å². The summed E-state index contributed by atoms with van der Waals surface area (Å²) in [6.45, 7) is 13.2. The number of hydrogen-bond donors (Lipinski definition) is 0. The zero-order chi connectivity index (χ0) is 12.3. The quantitative estimate of drug-likeness (QED) is 0.738. The molecule has 1 atom stereocenters. The summed E-state index contributed by atoms with van der Waals surface area (Å²) >= 11 is 0. The highest BCUT2D eigenvalue weighted by Crippen LogP contribution is 2.20. The predicted octanol–water partition coefficient (Wildman–Crippen LogP) is 2.80. The summed E-state index contributed by atoms with van der Waals surface area (Å²) in [6, 6.07) is 0.622. The van der Waals surface area contributed by atoms with E-state index in [-0.39, 0.29) is 0 Å². The third-order valence-electron chi connectivity index (χ3n) is 3.88. The monoisotopic (exact) mass is 232 g/mol. The number of hydrogen-bond acceptors (Lipinski definition) is 2. The van der Waals surface area contributed by atoms with Crippen LogP contribution in [0.4, 0.5) is 0 Å². The summed E-state index contributed by atoms with van der Waals surface area (Å²) in [6.07, 6.45) is 9.06. The SMILES string of the molecule is C=C(CC)N1CCN(C2C=CC=C(C)C2)CC1. The summed E-state index contributed by atoms with van der Waals surface area (Å²) < 4.78 is 0. The highest BCUT2D eigenvalue weighted by molar-refractivity contribution is 5.20. The van der Waals surface area contributed by atoms with Crippen LogP contribution in [0.3, 0.4) is 0 Å². The van der Waals surface area contributed by atoms with Gasteiger partial charge in [-0.2, -0.15) is 0 Å². The zero-order valence-corrected chi connectivity index (χ0v) is 11.2. The van der Waals surface area contributed by atoms with E-state index in [2.05, 4.69) is 48.5 Å². The van der Waals surface area contributed by atoms with Gasteiger partial charge in [0.2, 0.25) is 0 Å². The standard InChI is InChI=1S/C15H24N2/c1-4-14(3)16-8-10-17(11-9-16)15-7-5-6-13(2)12-15/h5-7,15H,3-4,8-12H2,1-2H3.